The molecule has 1 aliphatic heterocycles. The van der Waals surface area contributed by atoms with E-state index in [2.05, 4.69) is 99.2 Å². The second-order valence-corrected chi connectivity index (χ2v) is 11.6. The minimum atomic E-state index is 0.0170. The Morgan fingerprint density at radius 3 is 2.00 bits per heavy atom. The zero-order valence-electron chi connectivity index (χ0n) is 24.8. The van der Waals surface area contributed by atoms with E-state index in [0.717, 1.165) is 54.9 Å². The maximum Gasteiger partial charge on any atom is 0.251 e. The zero-order valence-corrected chi connectivity index (χ0v) is 24.8. The molecular weight excluding hydrogens is 490 g/mol. The lowest BCUT2D eigenvalue weighted by atomic mass is 9.95. The summed E-state index contributed by atoms with van der Waals surface area (Å²) in [7, 11) is 0. The first kappa shape index (κ1) is 27.8. The van der Waals surface area contributed by atoms with Gasteiger partial charge in [0.1, 0.15) is 0 Å². The highest BCUT2D eigenvalue weighted by molar-refractivity contribution is 5.95. The molecule has 0 unspecified atom stereocenters. The first-order valence-electron chi connectivity index (χ1n) is 14.4. The molecule has 0 atom stereocenters. The van der Waals surface area contributed by atoms with E-state index in [1.807, 2.05) is 24.4 Å². The summed E-state index contributed by atoms with van der Waals surface area (Å²) in [4.78, 5) is 20.3. The van der Waals surface area contributed by atoms with Crippen LogP contribution < -0.4 is 5.32 Å². The number of carbonyl (C=O) groups is 1. The number of nitrogens with one attached hydrogen (secondary N) is 1. The monoisotopic (exact) mass is 531 g/mol. The lowest BCUT2D eigenvalue weighted by Crippen LogP contribution is -2.44. The molecular formula is C36H41N3O. The number of hydrogen-bond acceptors (Lipinski definition) is 3. The van der Waals surface area contributed by atoms with Gasteiger partial charge in [0.25, 0.3) is 5.91 Å². The summed E-state index contributed by atoms with van der Waals surface area (Å²) < 4.78 is 0. The van der Waals surface area contributed by atoms with Crippen molar-refractivity contribution in [1.82, 2.24) is 15.2 Å². The Hall–Kier alpha value is -3.76. The van der Waals surface area contributed by atoms with Crippen LogP contribution in [0.5, 0.6) is 0 Å². The molecule has 1 aromatic heterocycles. The average molecular weight is 532 g/mol. The molecule has 1 N–H and O–H groups in total. The van der Waals surface area contributed by atoms with Gasteiger partial charge in [-0.25, -0.2) is 0 Å². The first-order chi connectivity index (χ1) is 19.2. The molecule has 206 valence electrons. The SMILES string of the molecule is Cc1cc(-c2cccc(C(=O)NC3CCN(Cc4ccnc(-c5cc(C)c(C)c(C)c5)c4)CC3)c2)cc(C)c1C. The Kier molecular flexibility index (Phi) is 8.18. The number of piperidine rings is 1. The second kappa shape index (κ2) is 11.8. The summed E-state index contributed by atoms with van der Waals surface area (Å²) >= 11 is 0. The minimum Gasteiger partial charge on any atom is -0.349 e. The number of pyridine rings is 1. The topological polar surface area (TPSA) is 45.2 Å². The fourth-order valence-corrected chi connectivity index (χ4v) is 5.72. The molecule has 40 heavy (non-hydrogen) atoms. The summed E-state index contributed by atoms with van der Waals surface area (Å²) in [6.45, 7) is 15.8. The van der Waals surface area contributed by atoms with E-state index in [4.69, 9.17) is 0 Å². The van der Waals surface area contributed by atoms with Gasteiger partial charge in [0.05, 0.1) is 5.69 Å². The van der Waals surface area contributed by atoms with Crippen molar-refractivity contribution < 1.29 is 4.79 Å². The predicted molar refractivity (Wildman–Crippen MR) is 166 cm³/mol. The smallest absolute Gasteiger partial charge is 0.251 e. The number of aromatic nitrogens is 1. The zero-order chi connectivity index (χ0) is 28.4. The fraction of sp³-hybridized carbons (Fsp3) is 0.333. The molecule has 1 aliphatic rings. The van der Waals surface area contributed by atoms with Crippen molar-refractivity contribution in [1.29, 1.82) is 0 Å². The molecule has 1 saturated heterocycles. The normalized spacial score (nSPS) is 14.3. The van der Waals surface area contributed by atoms with Gasteiger partial charge in [-0.3, -0.25) is 14.7 Å². The molecule has 5 rings (SSSR count). The van der Waals surface area contributed by atoms with Crippen molar-refractivity contribution in [3.05, 3.63) is 111 Å². The number of amides is 1. The number of rotatable bonds is 6. The molecule has 1 amide bonds. The Morgan fingerprint density at radius 2 is 1.38 bits per heavy atom. The van der Waals surface area contributed by atoms with Crippen molar-refractivity contribution in [2.75, 3.05) is 13.1 Å². The molecule has 0 spiro atoms. The maximum atomic E-state index is 13.2. The van der Waals surface area contributed by atoms with E-state index >= 15 is 0 Å². The molecule has 4 aromatic rings. The largest absolute Gasteiger partial charge is 0.349 e. The summed E-state index contributed by atoms with van der Waals surface area (Å²) in [6, 6.07) is 21.4. The Balaban J connectivity index is 1.18. The number of hydrogen-bond donors (Lipinski definition) is 1. The summed E-state index contributed by atoms with van der Waals surface area (Å²) in [5.74, 6) is 0.0170. The summed E-state index contributed by atoms with van der Waals surface area (Å²) in [5, 5.41) is 3.30. The molecule has 3 aromatic carbocycles. The van der Waals surface area contributed by atoms with Crippen LogP contribution in [0.2, 0.25) is 0 Å². The molecule has 0 radical (unpaired) electrons. The van der Waals surface area contributed by atoms with Gasteiger partial charge >= 0.3 is 0 Å². The highest BCUT2D eigenvalue weighted by Gasteiger charge is 2.22. The van der Waals surface area contributed by atoms with E-state index in [9.17, 15) is 4.79 Å². The van der Waals surface area contributed by atoms with Crippen LogP contribution in [0.1, 0.15) is 62.1 Å². The average Bonchev–Trinajstić information content (AvgIpc) is 2.95. The van der Waals surface area contributed by atoms with Crippen LogP contribution in [-0.4, -0.2) is 34.9 Å². The van der Waals surface area contributed by atoms with E-state index in [0.29, 0.717) is 0 Å². The standard InChI is InChI=1S/C36H41N3O/c1-23-16-32(17-24(2)27(23)5)30-8-7-9-31(21-30)36(40)38-34-11-14-39(15-12-34)22-29-10-13-37-35(20-29)33-18-25(3)28(6)26(4)19-33/h7-10,13,16-21,34H,11-12,14-15,22H2,1-6H3,(H,38,40). The summed E-state index contributed by atoms with van der Waals surface area (Å²) in [6.07, 6.45) is 3.83. The number of aryl methyl sites for hydroxylation is 4. The van der Waals surface area contributed by atoms with Gasteiger partial charge in [0, 0.05) is 43.0 Å². The Morgan fingerprint density at radius 1 is 0.775 bits per heavy atom. The van der Waals surface area contributed by atoms with Crippen LogP contribution in [0.25, 0.3) is 22.4 Å². The van der Waals surface area contributed by atoms with Gasteiger partial charge in [0.2, 0.25) is 0 Å². The quantitative estimate of drug-likeness (QED) is 0.278. The highest BCUT2D eigenvalue weighted by atomic mass is 16.1. The fourth-order valence-electron chi connectivity index (χ4n) is 5.72. The second-order valence-electron chi connectivity index (χ2n) is 11.6. The van der Waals surface area contributed by atoms with Crippen LogP contribution in [0.4, 0.5) is 0 Å². The van der Waals surface area contributed by atoms with Crippen molar-refractivity contribution in [2.45, 2.75) is 67.0 Å². The van der Waals surface area contributed by atoms with Crippen LogP contribution in [-0.2, 0) is 6.54 Å². The van der Waals surface area contributed by atoms with Crippen molar-refractivity contribution in [3.63, 3.8) is 0 Å². The van der Waals surface area contributed by atoms with E-state index < -0.39 is 0 Å². The third kappa shape index (κ3) is 6.18. The molecule has 4 nitrogen and oxygen atoms in total. The molecule has 0 aliphatic carbocycles. The number of benzene rings is 3. The van der Waals surface area contributed by atoms with Gasteiger partial charge in [-0.1, -0.05) is 24.3 Å². The van der Waals surface area contributed by atoms with Crippen LogP contribution in [0, 0.1) is 41.5 Å². The molecule has 0 saturated carbocycles. The molecule has 2 heterocycles. The Labute approximate surface area is 239 Å². The number of likely N-dealkylation sites (tertiary alicyclic amines) is 1. The van der Waals surface area contributed by atoms with Gasteiger partial charge in [0.15, 0.2) is 0 Å². The van der Waals surface area contributed by atoms with Gasteiger partial charge < -0.3 is 5.32 Å². The van der Waals surface area contributed by atoms with Gasteiger partial charge in [-0.2, -0.15) is 0 Å². The minimum absolute atomic E-state index is 0.0170. The van der Waals surface area contributed by atoms with Gasteiger partial charge in [-0.05, 0) is 141 Å². The lowest BCUT2D eigenvalue weighted by Gasteiger charge is -2.32. The van der Waals surface area contributed by atoms with Gasteiger partial charge in [-0.15, -0.1) is 0 Å². The molecule has 4 heteroatoms. The first-order valence-corrected chi connectivity index (χ1v) is 14.4. The van der Waals surface area contributed by atoms with Crippen LogP contribution in [0.3, 0.4) is 0 Å². The van der Waals surface area contributed by atoms with E-state index in [-0.39, 0.29) is 11.9 Å². The van der Waals surface area contributed by atoms with Crippen molar-refractivity contribution >= 4 is 5.91 Å². The summed E-state index contributed by atoms with van der Waals surface area (Å²) in [5.41, 5.74) is 14.3. The number of carbonyl (C=O) groups excluding carboxylic acids is 1. The molecule has 1 fully saturated rings. The van der Waals surface area contributed by atoms with Crippen molar-refractivity contribution in [2.24, 2.45) is 0 Å². The van der Waals surface area contributed by atoms with Crippen molar-refractivity contribution in [3.8, 4) is 22.4 Å². The third-order valence-corrected chi connectivity index (χ3v) is 8.76. The van der Waals surface area contributed by atoms with E-state index in [1.54, 1.807) is 0 Å². The van der Waals surface area contributed by atoms with Crippen LogP contribution in [0.15, 0.2) is 66.9 Å². The van der Waals surface area contributed by atoms with E-state index in [1.165, 1.54) is 44.5 Å². The third-order valence-electron chi connectivity index (χ3n) is 8.76. The Bertz CT molecular complexity index is 1500. The lowest BCUT2D eigenvalue weighted by molar-refractivity contribution is 0.0909. The van der Waals surface area contributed by atoms with Crippen LogP contribution >= 0.6 is 0 Å². The predicted octanol–water partition coefficient (Wildman–Crippen LogP) is 7.66. The maximum absolute atomic E-state index is 13.2. The highest BCUT2D eigenvalue weighted by Crippen LogP contribution is 2.27. The number of nitrogens with zero attached hydrogens (tertiary/aromatic N) is 2. The molecule has 0 bridgehead atoms.